The van der Waals surface area contributed by atoms with E-state index in [1.54, 1.807) is 6.33 Å². The summed E-state index contributed by atoms with van der Waals surface area (Å²) in [6.07, 6.45) is 6.20. The summed E-state index contributed by atoms with van der Waals surface area (Å²) in [5.74, 6) is 1.48. The van der Waals surface area contributed by atoms with Crippen LogP contribution in [-0.2, 0) is 0 Å². The van der Waals surface area contributed by atoms with Crippen LogP contribution >= 0.6 is 0 Å². The number of aromatic amines is 2. The molecule has 6 heteroatoms. The standard InChI is InChI=1S/C21H21N5O/c27-19(18-11-15-5-1-2-6-17(15)25-18)10-14-4-3-9-26(12-14)21-16-7-8-22-20(16)23-13-24-21/h1-2,5-8,11,13-14,25H,3-4,9-10,12H2,(H,22,23,24). The molecule has 0 aliphatic carbocycles. The van der Waals surface area contributed by atoms with Gasteiger partial charge in [0.15, 0.2) is 5.78 Å². The fourth-order valence-corrected chi connectivity index (χ4v) is 4.13. The van der Waals surface area contributed by atoms with E-state index in [9.17, 15) is 4.79 Å². The predicted molar refractivity (Wildman–Crippen MR) is 106 cm³/mol. The van der Waals surface area contributed by atoms with Crippen molar-refractivity contribution in [3.05, 3.63) is 54.6 Å². The summed E-state index contributed by atoms with van der Waals surface area (Å²) in [4.78, 5) is 30.3. The minimum absolute atomic E-state index is 0.188. The Labute approximate surface area is 156 Å². The molecular formula is C21H21N5O. The molecule has 1 fully saturated rings. The third kappa shape index (κ3) is 2.97. The molecule has 1 unspecified atom stereocenters. The van der Waals surface area contributed by atoms with Gasteiger partial charge in [-0.25, -0.2) is 9.97 Å². The molecule has 1 aliphatic rings. The zero-order valence-corrected chi connectivity index (χ0v) is 15.0. The molecule has 0 saturated carbocycles. The molecule has 0 spiro atoms. The zero-order chi connectivity index (χ0) is 18.2. The van der Waals surface area contributed by atoms with E-state index >= 15 is 0 Å². The molecule has 1 atom stereocenters. The molecule has 4 heterocycles. The zero-order valence-electron chi connectivity index (χ0n) is 15.0. The van der Waals surface area contributed by atoms with Crippen LogP contribution in [0.15, 0.2) is 48.9 Å². The topological polar surface area (TPSA) is 77.7 Å². The summed E-state index contributed by atoms with van der Waals surface area (Å²) in [5.41, 5.74) is 2.58. The van der Waals surface area contributed by atoms with Gasteiger partial charge in [0, 0.05) is 36.6 Å². The van der Waals surface area contributed by atoms with Crippen LogP contribution < -0.4 is 4.90 Å². The minimum atomic E-state index is 0.188. The first-order chi connectivity index (χ1) is 13.3. The SMILES string of the molecule is O=C(CC1CCCN(c2ncnc3[nH]ccc23)C1)c1cc2ccccc2[nH]1. The molecule has 0 radical (unpaired) electrons. The van der Waals surface area contributed by atoms with Gasteiger partial charge in [0.2, 0.25) is 0 Å². The molecule has 0 bridgehead atoms. The van der Waals surface area contributed by atoms with Gasteiger partial charge in [-0.3, -0.25) is 4.79 Å². The number of ketones is 1. The Bertz CT molecular complexity index is 1080. The van der Waals surface area contributed by atoms with Crippen molar-refractivity contribution < 1.29 is 4.79 Å². The number of para-hydroxylation sites is 1. The highest BCUT2D eigenvalue weighted by atomic mass is 16.1. The summed E-state index contributed by atoms with van der Waals surface area (Å²) in [6.45, 7) is 1.82. The number of fused-ring (bicyclic) bond motifs is 2. The summed E-state index contributed by atoms with van der Waals surface area (Å²) in [7, 11) is 0. The second-order valence-corrected chi connectivity index (χ2v) is 7.29. The fraction of sp³-hybridized carbons (Fsp3) is 0.286. The van der Waals surface area contributed by atoms with Gasteiger partial charge in [-0.05, 0) is 37.0 Å². The van der Waals surface area contributed by atoms with Crippen molar-refractivity contribution in [2.24, 2.45) is 5.92 Å². The van der Waals surface area contributed by atoms with E-state index in [2.05, 4.69) is 24.8 Å². The van der Waals surface area contributed by atoms with Crippen LogP contribution in [0.3, 0.4) is 0 Å². The third-order valence-corrected chi connectivity index (χ3v) is 5.46. The molecule has 1 aromatic carbocycles. The second kappa shape index (κ2) is 6.54. The number of carbonyl (C=O) groups excluding carboxylic acids is 1. The number of nitrogens with zero attached hydrogens (tertiary/aromatic N) is 3. The Hall–Kier alpha value is -3.15. The Morgan fingerprint density at radius 2 is 2.15 bits per heavy atom. The summed E-state index contributed by atoms with van der Waals surface area (Å²) in [6, 6.07) is 12.0. The van der Waals surface area contributed by atoms with Gasteiger partial charge in [-0.2, -0.15) is 0 Å². The number of nitrogens with one attached hydrogen (secondary N) is 2. The minimum Gasteiger partial charge on any atom is -0.356 e. The summed E-state index contributed by atoms with van der Waals surface area (Å²) < 4.78 is 0. The number of carbonyl (C=O) groups is 1. The number of piperidine rings is 1. The summed E-state index contributed by atoms with van der Waals surface area (Å²) in [5, 5.41) is 2.13. The molecule has 5 rings (SSSR count). The predicted octanol–water partition coefficient (Wildman–Crippen LogP) is 3.93. The van der Waals surface area contributed by atoms with E-state index in [1.165, 1.54) is 0 Å². The number of benzene rings is 1. The van der Waals surface area contributed by atoms with Crippen molar-refractivity contribution in [2.45, 2.75) is 19.3 Å². The highest BCUT2D eigenvalue weighted by Gasteiger charge is 2.25. The second-order valence-electron chi connectivity index (χ2n) is 7.29. The molecule has 2 N–H and O–H groups in total. The lowest BCUT2D eigenvalue weighted by Crippen LogP contribution is -2.37. The molecule has 3 aromatic heterocycles. The lowest BCUT2D eigenvalue weighted by atomic mass is 9.92. The van der Waals surface area contributed by atoms with Crippen molar-refractivity contribution in [3.8, 4) is 0 Å². The number of aromatic nitrogens is 4. The number of hydrogen-bond donors (Lipinski definition) is 2. The van der Waals surface area contributed by atoms with Gasteiger partial charge in [0.05, 0.1) is 11.1 Å². The van der Waals surface area contributed by atoms with Crippen LogP contribution in [0.1, 0.15) is 29.8 Å². The largest absolute Gasteiger partial charge is 0.356 e. The van der Waals surface area contributed by atoms with E-state index in [4.69, 9.17) is 0 Å². The molecule has 6 nitrogen and oxygen atoms in total. The molecule has 4 aromatic rings. The van der Waals surface area contributed by atoms with E-state index in [0.717, 1.165) is 53.7 Å². The lowest BCUT2D eigenvalue weighted by Gasteiger charge is -2.33. The number of Topliss-reactive ketones (excluding diaryl/α,β-unsaturated/α-hetero) is 1. The highest BCUT2D eigenvalue weighted by molar-refractivity contribution is 5.99. The van der Waals surface area contributed by atoms with Crippen molar-refractivity contribution in [3.63, 3.8) is 0 Å². The molecule has 0 amide bonds. The van der Waals surface area contributed by atoms with Gasteiger partial charge in [0.1, 0.15) is 17.8 Å². The average Bonchev–Trinajstić information content (AvgIpc) is 3.34. The van der Waals surface area contributed by atoms with E-state index < -0.39 is 0 Å². The highest BCUT2D eigenvalue weighted by Crippen LogP contribution is 2.29. The molecule has 1 aliphatic heterocycles. The maximum Gasteiger partial charge on any atom is 0.179 e. The average molecular weight is 359 g/mol. The van der Waals surface area contributed by atoms with Crippen molar-refractivity contribution >= 4 is 33.5 Å². The van der Waals surface area contributed by atoms with Crippen LogP contribution in [-0.4, -0.2) is 38.8 Å². The first-order valence-corrected chi connectivity index (χ1v) is 9.42. The maximum absolute atomic E-state index is 12.8. The Morgan fingerprint density at radius 3 is 3.07 bits per heavy atom. The van der Waals surface area contributed by atoms with Gasteiger partial charge in [-0.15, -0.1) is 0 Å². The quantitative estimate of drug-likeness (QED) is 0.541. The summed E-state index contributed by atoms with van der Waals surface area (Å²) >= 11 is 0. The van der Waals surface area contributed by atoms with Gasteiger partial charge in [-0.1, -0.05) is 18.2 Å². The first-order valence-electron chi connectivity index (χ1n) is 9.42. The Morgan fingerprint density at radius 1 is 1.22 bits per heavy atom. The van der Waals surface area contributed by atoms with Crippen molar-refractivity contribution in [1.82, 2.24) is 19.9 Å². The molecule has 27 heavy (non-hydrogen) atoms. The molecule has 1 saturated heterocycles. The third-order valence-electron chi connectivity index (χ3n) is 5.46. The van der Waals surface area contributed by atoms with Gasteiger partial charge >= 0.3 is 0 Å². The van der Waals surface area contributed by atoms with E-state index in [0.29, 0.717) is 18.0 Å². The van der Waals surface area contributed by atoms with E-state index in [-0.39, 0.29) is 5.78 Å². The smallest absolute Gasteiger partial charge is 0.179 e. The number of rotatable bonds is 4. The normalized spacial score (nSPS) is 17.6. The van der Waals surface area contributed by atoms with Crippen LogP contribution in [0.2, 0.25) is 0 Å². The maximum atomic E-state index is 12.8. The first kappa shape index (κ1) is 16.1. The van der Waals surface area contributed by atoms with Gasteiger partial charge in [0.25, 0.3) is 0 Å². The lowest BCUT2D eigenvalue weighted by molar-refractivity contribution is 0.0952. The van der Waals surface area contributed by atoms with Crippen LogP contribution in [0.5, 0.6) is 0 Å². The van der Waals surface area contributed by atoms with Crippen LogP contribution in [0.4, 0.5) is 5.82 Å². The van der Waals surface area contributed by atoms with Crippen LogP contribution in [0, 0.1) is 5.92 Å². The Balaban J connectivity index is 1.33. The van der Waals surface area contributed by atoms with E-state index in [1.807, 2.05) is 42.6 Å². The van der Waals surface area contributed by atoms with Gasteiger partial charge < -0.3 is 14.9 Å². The number of H-pyrrole nitrogens is 2. The number of anilines is 1. The van der Waals surface area contributed by atoms with Crippen molar-refractivity contribution in [2.75, 3.05) is 18.0 Å². The fourth-order valence-electron chi connectivity index (χ4n) is 4.13. The van der Waals surface area contributed by atoms with Crippen LogP contribution in [0.25, 0.3) is 21.9 Å². The number of hydrogen-bond acceptors (Lipinski definition) is 4. The molecular weight excluding hydrogens is 338 g/mol. The monoisotopic (exact) mass is 359 g/mol. The Kier molecular flexibility index (Phi) is 3.89. The molecule has 136 valence electrons. The van der Waals surface area contributed by atoms with Crippen molar-refractivity contribution in [1.29, 1.82) is 0 Å².